The van der Waals surface area contributed by atoms with Crippen LogP contribution in [0, 0.1) is 17.3 Å². The fraction of sp³-hybridized carbons (Fsp3) is 0.304. The molecule has 1 aliphatic heterocycles. The van der Waals surface area contributed by atoms with E-state index in [0.29, 0.717) is 23.6 Å². The molecule has 0 bridgehead atoms. The monoisotopic (exact) mass is 467 g/mol. The van der Waals surface area contributed by atoms with Crippen LogP contribution in [0.3, 0.4) is 0 Å². The molecule has 0 atom stereocenters. The zero-order valence-electron chi connectivity index (χ0n) is 17.8. The number of benzene rings is 1. The Bertz CT molecular complexity index is 1180. The number of primary amides is 1. The Morgan fingerprint density at radius 3 is 2.64 bits per heavy atom. The van der Waals surface area contributed by atoms with Crippen LogP contribution in [0.5, 0.6) is 0 Å². The molecule has 0 spiro atoms. The first-order valence-electron chi connectivity index (χ1n) is 10.5. The number of nitrogens with two attached hydrogens (primary N) is 1. The van der Waals surface area contributed by atoms with E-state index < -0.39 is 17.4 Å². The number of nitriles is 1. The zero-order valence-corrected chi connectivity index (χ0v) is 18.6. The van der Waals surface area contributed by atoms with Crippen molar-refractivity contribution in [1.82, 2.24) is 19.7 Å². The number of nitrogens with one attached hydrogen (secondary N) is 1. The standard InChI is InChI=1S/C23H23ClFN7O/c24-17-3-1-16(2-4-17)14-31-11-7-23(6-9-26,8-12-31)32-15-19(21(27)33)22(30-32)29-18-5-10-28-20(25)13-18/h1-5,10,13,15H,6-8,11-12,14H2,(H2,27,33)(H,28,29,30). The van der Waals surface area contributed by atoms with Crippen molar-refractivity contribution in [2.75, 3.05) is 18.4 Å². The number of rotatable bonds is 7. The van der Waals surface area contributed by atoms with Gasteiger partial charge in [0.2, 0.25) is 5.95 Å². The first-order valence-corrected chi connectivity index (χ1v) is 10.9. The lowest BCUT2D eigenvalue weighted by Gasteiger charge is -2.40. The number of piperidine rings is 1. The molecule has 4 rings (SSSR count). The molecule has 0 saturated carbocycles. The number of pyridine rings is 1. The highest BCUT2D eigenvalue weighted by atomic mass is 35.5. The largest absolute Gasteiger partial charge is 0.365 e. The first kappa shape index (κ1) is 22.7. The first-order chi connectivity index (χ1) is 15.9. The van der Waals surface area contributed by atoms with Gasteiger partial charge in [0.05, 0.1) is 18.0 Å². The van der Waals surface area contributed by atoms with Crippen molar-refractivity contribution in [3.63, 3.8) is 0 Å². The molecule has 1 aliphatic rings. The van der Waals surface area contributed by atoms with E-state index in [1.54, 1.807) is 16.9 Å². The number of hydrogen-bond acceptors (Lipinski definition) is 6. The molecule has 2 aromatic heterocycles. The molecule has 1 amide bonds. The number of halogens is 2. The molecule has 33 heavy (non-hydrogen) atoms. The molecule has 170 valence electrons. The highest BCUT2D eigenvalue weighted by Crippen LogP contribution is 2.35. The minimum absolute atomic E-state index is 0.174. The summed E-state index contributed by atoms with van der Waals surface area (Å²) < 4.78 is 15.2. The van der Waals surface area contributed by atoms with E-state index in [1.807, 2.05) is 24.3 Å². The number of anilines is 2. The summed E-state index contributed by atoms with van der Waals surface area (Å²) in [5, 5.41) is 17.8. The Labute approximate surface area is 195 Å². The van der Waals surface area contributed by atoms with Crippen molar-refractivity contribution in [3.8, 4) is 6.07 Å². The second-order valence-electron chi connectivity index (χ2n) is 8.15. The molecular formula is C23H23ClFN7O. The molecule has 0 aliphatic carbocycles. The predicted octanol–water partition coefficient (Wildman–Crippen LogP) is 3.82. The third-order valence-electron chi connectivity index (χ3n) is 5.97. The van der Waals surface area contributed by atoms with Crippen molar-refractivity contribution >= 4 is 29.0 Å². The van der Waals surface area contributed by atoms with Gasteiger partial charge < -0.3 is 11.1 Å². The molecule has 3 heterocycles. The van der Waals surface area contributed by atoms with Gasteiger partial charge in [0, 0.05) is 48.8 Å². The lowest BCUT2D eigenvalue weighted by molar-refractivity contribution is 0.0967. The smallest absolute Gasteiger partial charge is 0.254 e. The maximum Gasteiger partial charge on any atom is 0.254 e. The van der Waals surface area contributed by atoms with E-state index in [2.05, 4.69) is 26.4 Å². The van der Waals surface area contributed by atoms with Crippen LogP contribution in [-0.4, -0.2) is 38.7 Å². The number of carbonyl (C=O) groups is 1. The Hall–Kier alpha value is -3.48. The number of likely N-dealkylation sites (tertiary alicyclic amines) is 1. The Morgan fingerprint density at radius 2 is 2.00 bits per heavy atom. The number of nitrogens with zero attached hydrogens (tertiary/aromatic N) is 5. The van der Waals surface area contributed by atoms with Gasteiger partial charge in [-0.05, 0) is 36.6 Å². The Kier molecular flexibility index (Phi) is 6.58. The second kappa shape index (κ2) is 9.57. The van der Waals surface area contributed by atoms with E-state index in [4.69, 9.17) is 17.3 Å². The van der Waals surface area contributed by atoms with E-state index >= 15 is 0 Å². The summed E-state index contributed by atoms with van der Waals surface area (Å²) >= 11 is 5.98. The van der Waals surface area contributed by atoms with Gasteiger partial charge in [0.15, 0.2) is 5.82 Å². The third kappa shape index (κ3) is 5.13. The van der Waals surface area contributed by atoms with Crippen molar-refractivity contribution in [2.45, 2.75) is 31.3 Å². The Morgan fingerprint density at radius 1 is 1.27 bits per heavy atom. The maximum atomic E-state index is 13.5. The fourth-order valence-corrected chi connectivity index (χ4v) is 4.24. The number of amides is 1. The number of carbonyl (C=O) groups excluding carboxylic acids is 1. The van der Waals surface area contributed by atoms with E-state index in [1.165, 1.54) is 17.8 Å². The van der Waals surface area contributed by atoms with Gasteiger partial charge in [-0.2, -0.15) is 14.8 Å². The van der Waals surface area contributed by atoms with Crippen molar-refractivity contribution in [3.05, 3.63) is 70.9 Å². The summed E-state index contributed by atoms with van der Waals surface area (Å²) in [6, 6.07) is 12.8. The average Bonchev–Trinajstić information content (AvgIpc) is 3.22. The molecule has 0 radical (unpaired) electrons. The summed E-state index contributed by atoms with van der Waals surface area (Å²) in [4.78, 5) is 17.9. The topological polar surface area (TPSA) is 113 Å². The van der Waals surface area contributed by atoms with Crippen LogP contribution in [0.1, 0.15) is 35.2 Å². The van der Waals surface area contributed by atoms with Crippen LogP contribution in [0.4, 0.5) is 15.9 Å². The molecule has 1 saturated heterocycles. The van der Waals surface area contributed by atoms with E-state index in [-0.39, 0.29) is 17.8 Å². The average molecular weight is 468 g/mol. The highest BCUT2D eigenvalue weighted by Gasteiger charge is 2.38. The van der Waals surface area contributed by atoms with Crippen LogP contribution in [0.15, 0.2) is 48.8 Å². The van der Waals surface area contributed by atoms with Gasteiger partial charge in [-0.1, -0.05) is 23.7 Å². The third-order valence-corrected chi connectivity index (χ3v) is 6.22. The predicted molar refractivity (Wildman–Crippen MR) is 122 cm³/mol. The fourth-order valence-electron chi connectivity index (χ4n) is 4.12. The summed E-state index contributed by atoms with van der Waals surface area (Å²) in [6.07, 6.45) is 4.49. The van der Waals surface area contributed by atoms with E-state index in [9.17, 15) is 14.4 Å². The normalized spacial score (nSPS) is 15.7. The second-order valence-corrected chi connectivity index (χ2v) is 8.59. The molecule has 0 unspecified atom stereocenters. The van der Waals surface area contributed by atoms with Crippen molar-refractivity contribution in [2.24, 2.45) is 5.73 Å². The van der Waals surface area contributed by atoms with E-state index in [0.717, 1.165) is 19.6 Å². The summed E-state index contributed by atoms with van der Waals surface area (Å²) in [5.41, 5.74) is 6.74. The van der Waals surface area contributed by atoms with Gasteiger partial charge in [-0.3, -0.25) is 14.4 Å². The SMILES string of the molecule is N#CCC1(n2cc(C(N)=O)c(Nc3ccnc(F)c3)n2)CCN(Cc2ccc(Cl)cc2)CC1. The molecule has 3 N–H and O–H groups in total. The van der Waals surface area contributed by atoms with Gasteiger partial charge in [-0.15, -0.1) is 0 Å². The minimum atomic E-state index is -0.662. The van der Waals surface area contributed by atoms with Gasteiger partial charge in [0.25, 0.3) is 5.91 Å². The van der Waals surface area contributed by atoms with Crippen molar-refractivity contribution in [1.29, 1.82) is 5.26 Å². The molecule has 10 heteroatoms. The van der Waals surface area contributed by atoms with Crippen LogP contribution >= 0.6 is 11.6 Å². The highest BCUT2D eigenvalue weighted by molar-refractivity contribution is 6.30. The van der Waals surface area contributed by atoms with Crippen LogP contribution in [0.25, 0.3) is 0 Å². The van der Waals surface area contributed by atoms with Crippen LogP contribution in [0.2, 0.25) is 5.02 Å². The summed E-state index contributed by atoms with van der Waals surface area (Å²) in [6.45, 7) is 2.30. The molecule has 1 aromatic carbocycles. The van der Waals surface area contributed by atoms with Crippen molar-refractivity contribution < 1.29 is 9.18 Å². The summed E-state index contributed by atoms with van der Waals surface area (Å²) in [5.74, 6) is -1.10. The number of aromatic nitrogens is 3. The zero-order chi connectivity index (χ0) is 23.4. The number of hydrogen-bond donors (Lipinski definition) is 2. The molecule has 1 fully saturated rings. The quantitative estimate of drug-likeness (QED) is 0.511. The summed E-state index contributed by atoms with van der Waals surface area (Å²) in [7, 11) is 0. The minimum Gasteiger partial charge on any atom is -0.365 e. The van der Waals surface area contributed by atoms with Crippen LogP contribution < -0.4 is 11.1 Å². The Balaban J connectivity index is 1.55. The molecule has 3 aromatic rings. The molecular weight excluding hydrogens is 445 g/mol. The van der Waals surface area contributed by atoms with Gasteiger partial charge in [-0.25, -0.2) is 4.98 Å². The maximum absolute atomic E-state index is 13.5. The van der Waals surface area contributed by atoms with Gasteiger partial charge in [0.1, 0.15) is 5.56 Å². The van der Waals surface area contributed by atoms with Gasteiger partial charge >= 0.3 is 0 Å². The lowest BCUT2D eigenvalue weighted by Crippen LogP contribution is -2.46. The van der Waals surface area contributed by atoms with Crippen LogP contribution in [-0.2, 0) is 12.1 Å². The lowest BCUT2D eigenvalue weighted by atomic mass is 9.84. The molecule has 8 nitrogen and oxygen atoms in total.